The standard InChI is InChI=1S/C6H9IN2O/c1-4(10)5-3-9(2)8-6(5)7/h3-4,10H,1-2H3. The van der Waals surface area contributed by atoms with Gasteiger partial charge in [-0.25, -0.2) is 0 Å². The highest BCUT2D eigenvalue weighted by molar-refractivity contribution is 14.1. The normalized spacial score (nSPS) is 13.6. The lowest BCUT2D eigenvalue weighted by molar-refractivity contribution is 0.198. The monoisotopic (exact) mass is 252 g/mol. The van der Waals surface area contributed by atoms with E-state index in [1.807, 2.05) is 13.2 Å². The van der Waals surface area contributed by atoms with Gasteiger partial charge in [0.15, 0.2) is 0 Å². The first-order valence-electron chi connectivity index (χ1n) is 2.98. The molecule has 1 heterocycles. The lowest BCUT2D eigenvalue weighted by Gasteiger charge is -1.97. The van der Waals surface area contributed by atoms with Crippen molar-refractivity contribution in [1.29, 1.82) is 0 Å². The zero-order valence-electron chi connectivity index (χ0n) is 5.87. The molecular formula is C6H9IN2O. The Balaban J connectivity index is 3.03. The van der Waals surface area contributed by atoms with Gasteiger partial charge in [-0.2, -0.15) is 5.10 Å². The Morgan fingerprint density at radius 2 is 2.40 bits per heavy atom. The fourth-order valence-electron chi connectivity index (χ4n) is 0.760. The molecule has 0 saturated carbocycles. The summed E-state index contributed by atoms with van der Waals surface area (Å²) in [5.41, 5.74) is 0.892. The van der Waals surface area contributed by atoms with Gasteiger partial charge in [-0.3, -0.25) is 4.68 Å². The second-order valence-electron chi connectivity index (χ2n) is 2.22. The average Bonchev–Trinajstić information content (AvgIpc) is 2.10. The van der Waals surface area contributed by atoms with Crippen molar-refractivity contribution in [2.45, 2.75) is 13.0 Å². The van der Waals surface area contributed by atoms with Crippen LogP contribution in [0.4, 0.5) is 0 Å². The van der Waals surface area contributed by atoms with Crippen molar-refractivity contribution in [2.24, 2.45) is 7.05 Å². The van der Waals surface area contributed by atoms with Gasteiger partial charge in [0.2, 0.25) is 0 Å². The van der Waals surface area contributed by atoms with Crippen molar-refractivity contribution in [3.05, 3.63) is 15.5 Å². The van der Waals surface area contributed by atoms with E-state index in [1.54, 1.807) is 11.6 Å². The molecule has 56 valence electrons. The average molecular weight is 252 g/mol. The molecular weight excluding hydrogens is 243 g/mol. The van der Waals surface area contributed by atoms with Gasteiger partial charge in [0, 0.05) is 18.8 Å². The molecule has 1 aromatic rings. The van der Waals surface area contributed by atoms with Gasteiger partial charge < -0.3 is 5.11 Å². The Morgan fingerprint density at radius 3 is 2.60 bits per heavy atom. The van der Waals surface area contributed by atoms with E-state index < -0.39 is 6.10 Å². The number of aryl methyl sites for hydroxylation is 1. The highest BCUT2D eigenvalue weighted by Crippen LogP contribution is 2.16. The SMILES string of the molecule is CC(O)c1cn(C)nc1I. The summed E-state index contributed by atoms with van der Waals surface area (Å²) in [4.78, 5) is 0. The van der Waals surface area contributed by atoms with Gasteiger partial charge in [0.05, 0.1) is 6.10 Å². The molecule has 4 heteroatoms. The molecule has 0 aliphatic rings. The number of aliphatic hydroxyl groups is 1. The summed E-state index contributed by atoms with van der Waals surface area (Å²) >= 11 is 2.10. The third kappa shape index (κ3) is 1.49. The van der Waals surface area contributed by atoms with Gasteiger partial charge in [0.1, 0.15) is 3.70 Å². The van der Waals surface area contributed by atoms with Crippen LogP contribution in [0.5, 0.6) is 0 Å². The Hall–Kier alpha value is -0.100. The molecule has 1 N–H and O–H groups in total. The molecule has 0 aliphatic heterocycles. The molecule has 0 radical (unpaired) electrons. The van der Waals surface area contributed by atoms with Crippen LogP contribution in [0.2, 0.25) is 0 Å². The van der Waals surface area contributed by atoms with Crippen molar-refractivity contribution in [1.82, 2.24) is 9.78 Å². The maximum Gasteiger partial charge on any atom is 0.129 e. The van der Waals surface area contributed by atoms with Crippen molar-refractivity contribution in [3.63, 3.8) is 0 Å². The third-order valence-corrected chi connectivity index (χ3v) is 2.10. The van der Waals surface area contributed by atoms with Gasteiger partial charge >= 0.3 is 0 Å². The molecule has 10 heavy (non-hydrogen) atoms. The van der Waals surface area contributed by atoms with E-state index in [2.05, 4.69) is 27.7 Å². The lowest BCUT2D eigenvalue weighted by atomic mass is 10.2. The number of hydrogen-bond acceptors (Lipinski definition) is 2. The predicted octanol–water partition coefficient (Wildman–Crippen LogP) is 1.08. The van der Waals surface area contributed by atoms with Crippen LogP contribution in [-0.2, 0) is 7.05 Å². The Morgan fingerprint density at radius 1 is 1.80 bits per heavy atom. The molecule has 3 nitrogen and oxygen atoms in total. The summed E-state index contributed by atoms with van der Waals surface area (Å²) in [5, 5.41) is 13.2. The van der Waals surface area contributed by atoms with Crippen LogP contribution < -0.4 is 0 Å². The van der Waals surface area contributed by atoms with Crippen molar-refractivity contribution < 1.29 is 5.11 Å². The molecule has 0 fully saturated rings. The fraction of sp³-hybridized carbons (Fsp3) is 0.500. The molecule has 1 atom stereocenters. The highest BCUT2D eigenvalue weighted by Gasteiger charge is 2.08. The maximum atomic E-state index is 9.16. The summed E-state index contributed by atoms with van der Waals surface area (Å²) in [5.74, 6) is 0. The van der Waals surface area contributed by atoms with E-state index in [0.717, 1.165) is 9.26 Å². The molecule has 0 aromatic carbocycles. The van der Waals surface area contributed by atoms with E-state index in [-0.39, 0.29) is 0 Å². The Bertz CT molecular complexity index is 232. The molecule has 1 aromatic heterocycles. The molecule has 0 bridgehead atoms. The quantitative estimate of drug-likeness (QED) is 0.759. The van der Waals surface area contributed by atoms with Gasteiger partial charge in [-0.05, 0) is 29.5 Å². The first-order chi connectivity index (χ1) is 4.61. The predicted molar refractivity (Wildman–Crippen MR) is 46.6 cm³/mol. The third-order valence-electron chi connectivity index (χ3n) is 1.26. The molecule has 0 spiro atoms. The van der Waals surface area contributed by atoms with E-state index in [9.17, 15) is 0 Å². The number of hydrogen-bond donors (Lipinski definition) is 1. The summed E-state index contributed by atoms with van der Waals surface area (Å²) in [6.07, 6.45) is 1.41. The number of nitrogens with zero attached hydrogens (tertiary/aromatic N) is 2. The number of aliphatic hydroxyl groups excluding tert-OH is 1. The smallest absolute Gasteiger partial charge is 0.129 e. The molecule has 0 aliphatic carbocycles. The first-order valence-corrected chi connectivity index (χ1v) is 4.06. The van der Waals surface area contributed by atoms with Crippen LogP contribution in [0.25, 0.3) is 0 Å². The number of aromatic nitrogens is 2. The van der Waals surface area contributed by atoms with Crippen LogP contribution in [0.15, 0.2) is 6.20 Å². The summed E-state index contributed by atoms with van der Waals surface area (Å²) in [6, 6.07) is 0. The number of halogens is 1. The van der Waals surface area contributed by atoms with Gasteiger partial charge in [-0.1, -0.05) is 0 Å². The zero-order valence-corrected chi connectivity index (χ0v) is 8.03. The van der Waals surface area contributed by atoms with Crippen LogP contribution in [-0.4, -0.2) is 14.9 Å². The topological polar surface area (TPSA) is 38.0 Å². The van der Waals surface area contributed by atoms with Crippen LogP contribution in [0.3, 0.4) is 0 Å². The second kappa shape index (κ2) is 2.87. The van der Waals surface area contributed by atoms with Crippen LogP contribution >= 0.6 is 22.6 Å². The summed E-state index contributed by atoms with van der Waals surface area (Å²) in [7, 11) is 1.84. The Kier molecular flexibility index (Phi) is 2.30. The minimum Gasteiger partial charge on any atom is -0.389 e. The summed E-state index contributed by atoms with van der Waals surface area (Å²) in [6.45, 7) is 1.74. The van der Waals surface area contributed by atoms with E-state index in [1.165, 1.54) is 0 Å². The fourth-order valence-corrected chi connectivity index (χ4v) is 1.69. The van der Waals surface area contributed by atoms with Crippen LogP contribution in [0.1, 0.15) is 18.6 Å². The minimum atomic E-state index is -0.416. The van der Waals surface area contributed by atoms with Gasteiger partial charge in [0.25, 0.3) is 0 Å². The minimum absolute atomic E-state index is 0.416. The van der Waals surface area contributed by atoms with Crippen molar-refractivity contribution in [3.8, 4) is 0 Å². The molecule has 1 unspecified atom stereocenters. The Labute approximate surface area is 73.2 Å². The molecule has 1 rings (SSSR count). The van der Waals surface area contributed by atoms with Gasteiger partial charge in [-0.15, -0.1) is 0 Å². The largest absolute Gasteiger partial charge is 0.389 e. The number of rotatable bonds is 1. The lowest BCUT2D eigenvalue weighted by Crippen LogP contribution is -1.90. The maximum absolute atomic E-state index is 9.16. The molecule has 0 saturated heterocycles. The van der Waals surface area contributed by atoms with Crippen molar-refractivity contribution in [2.75, 3.05) is 0 Å². The first kappa shape index (κ1) is 8.00. The van der Waals surface area contributed by atoms with E-state index in [4.69, 9.17) is 5.11 Å². The van der Waals surface area contributed by atoms with Crippen LogP contribution in [0, 0.1) is 3.70 Å². The zero-order chi connectivity index (χ0) is 7.72. The summed E-state index contributed by atoms with van der Waals surface area (Å²) < 4.78 is 2.57. The van der Waals surface area contributed by atoms with E-state index >= 15 is 0 Å². The molecule has 0 amide bonds. The van der Waals surface area contributed by atoms with E-state index in [0.29, 0.717) is 0 Å². The second-order valence-corrected chi connectivity index (χ2v) is 3.25. The van der Waals surface area contributed by atoms with Crippen molar-refractivity contribution >= 4 is 22.6 Å². The highest BCUT2D eigenvalue weighted by atomic mass is 127.